The lowest BCUT2D eigenvalue weighted by Gasteiger charge is -2.28. The van der Waals surface area contributed by atoms with Crippen molar-refractivity contribution in [2.75, 3.05) is 0 Å². The summed E-state index contributed by atoms with van der Waals surface area (Å²) in [5, 5.41) is 10.9. The van der Waals surface area contributed by atoms with Crippen LogP contribution in [0.15, 0.2) is 35.0 Å². The molecule has 2 saturated carbocycles. The normalized spacial score (nSPS) is 20.9. The summed E-state index contributed by atoms with van der Waals surface area (Å²) in [6.45, 7) is 0. The number of urea groups is 1. The second-order valence-corrected chi connectivity index (χ2v) is 9.65. The van der Waals surface area contributed by atoms with E-state index in [0.717, 1.165) is 0 Å². The van der Waals surface area contributed by atoms with Crippen molar-refractivity contribution in [3.8, 4) is 0 Å². The molecule has 0 spiro atoms. The van der Waals surface area contributed by atoms with Gasteiger partial charge < -0.3 is 10.6 Å². The highest BCUT2D eigenvalue weighted by Crippen LogP contribution is 2.39. The largest absolute Gasteiger partial charge is 0.330 e. The lowest BCUT2D eigenvalue weighted by molar-refractivity contribution is 0.222. The molecule has 2 unspecified atom stereocenters. The van der Waals surface area contributed by atoms with E-state index in [1.807, 2.05) is 0 Å². The molecule has 0 aliphatic heterocycles. The number of carbonyl (C=O) groups excluding carboxylic acids is 1. The number of nitrogens with one attached hydrogen (secondary N) is 2. The number of amides is 2. The Balaban J connectivity index is 1.46. The van der Waals surface area contributed by atoms with Crippen molar-refractivity contribution in [1.29, 1.82) is 0 Å². The quantitative estimate of drug-likeness (QED) is 0.601. The molecule has 2 aliphatic carbocycles. The molecule has 0 radical (unpaired) electrons. The highest BCUT2D eigenvalue weighted by Gasteiger charge is 2.31. The smallest absolute Gasteiger partial charge is 0.315 e. The second kappa shape index (κ2) is 8.57. The summed E-state index contributed by atoms with van der Waals surface area (Å²) < 4.78 is 0. The van der Waals surface area contributed by atoms with Crippen molar-refractivity contribution in [2.45, 2.75) is 63.5 Å². The molecule has 0 bridgehead atoms. The van der Waals surface area contributed by atoms with E-state index < -0.39 is 0 Å². The van der Waals surface area contributed by atoms with Crippen LogP contribution in [0.3, 0.4) is 0 Å². The summed E-state index contributed by atoms with van der Waals surface area (Å²) in [5.41, 5.74) is 0. The standard InChI is InChI=1S/C21H28N2OS2/c24-21(22-19(15-7-1-2-8-15)17-11-5-13-25-17)23-20(16-9-3-4-10-16)18-12-6-14-26-18/h5-6,11-16,19-20H,1-4,7-10H2,(H2,22,23,24). The Labute approximate surface area is 164 Å². The highest BCUT2D eigenvalue weighted by atomic mass is 32.1. The zero-order chi connectivity index (χ0) is 17.8. The van der Waals surface area contributed by atoms with E-state index in [-0.39, 0.29) is 18.1 Å². The molecule has 2 heterocycles. The maximum Gasteiger partial charge on any atom is 0.315 e. The summed E-state index contributed by atoms with van der Waals surface area (Å²) in [7, 11) is 0. The molecule has 2 N–H and O–H groups in total. The van der Waals surface area contributed by atoms with Gasteiger partial charge in [-0.05, 0) is 60.4 Å². The van der Waals surface area contributed by atoms with E-state index in [2.05, 4.69) is 45.7 Å². The van der Waals surface area contributed by atoms with E-state index in [0.29, 0.717) is 11.8 Å². The van der Waals surface area contributed by atoms with Crippen molar-refractivity contribution in [3.05, 3.63) is 44.8 Å². The van der Waals surface area contributed by atoms with Crippen molar-refractivity contribution in [2.24, 2.45) is 11.8 Å². The third-order valence-electron chi connectivity index (χ3n) is 6.02. The van der Waals surface area contributed by atoms with E-state index in [4.69, 9.17) is 0 Å². The van der Waals surface area contributed by atoms with E-state index in [9.17, 15) is 4.79 Å². The van der Waals surface area contributed by atoms with Crippen LogP contribution in [0.1, 0.15) is 73.2 Å². The highest BCUT2D eigenvalue weighted by molar-refractivity contribution is 7.10. The zero-order valence-corrected chi connectivity index (χ0v) is 16.8. The molecule has 0 saturated heterocycles. The maximum atomic E-state index is 13.0. The Hall–Kier alpha value is -1.33. The minimum absolute atomic E-state index is 0.000556. The Morgan fingerprint density at radius 2 is 1.23 bits per heavy atom. The van der Waals surface area contributed by atoms with Crippen LogP contribution in [-0.2, 0) is 0 Å². The van der Waals surface area contributed by atoms with Crippen molar-refractivity contribution in [1.82, 2.24) is 10.6 Å². The first kappa shape index (κ1) is 18.1. The molecule has 4 rings (SSSR count). The van der Waals surface area contributed by atoms with Crippen LogP contribution in [0, 0.1) is 11.8 Å². The molecule has 2 fully saturated rings. The molecule has 26 heavy (non-hydrogen) atoms. The lowest BCUT2D eigenvalue weighted by atomic mass is 9.96. The Morgan fingerprint density at radius 1 is 0.808 bits per heavy atom. The maximum absolute atomic E-state index is 13.0. The summed E-state index contributed by atoms with van der Waals surface area (Å²) in [4.78, 5) is 15.5. The van der Waals surface area contributed by atoms with Crippen LogP contribution in [-0.4, -0.2) is 6.03 Å². The van der Waals surface area contributed by atoms with Gasteiger partial charge in [-0.3, -0.25) is 0 Å². The van der Waals surface area contributed by atoms with Crippen LogP contribution >= 0.6 is 22.7 Å². The monoisotopic (exact) mass is 388 g/mol. The third-order valence-corrected chi connectivity index (χ3v) is 7.93. The predicted octanol–water partition coefficient (Wildman–Crippen LogP) is 6.27. The van der Waals surface area contributed by atoms with Crippen molar-refractivity contribution in [3.63, 3.8) is 0 Å². The number of hydrogen-bond acceptors (Lipinski definition) is 3. The minimum Gasteiger partial charge on any atom is -0.330 e. The summed E-state index contributed by atoms with van der Waals surface area (Å²) in [5.74, 6) is 1.15. The van der Waals surface area contributed by atoms with Crippen LogP contribution < -0.4 is 10.6 Å². The van der Waals surface area contributed by atoms with E-state index in [1.54, 1.807) is 22.7 Å². The molecule has 2 aromatic heterocycles. The summed E-state index contributed by atoms with van der Waals surface area (Å²) in [6, 6.07) is 8.84. The van der Waals surface area contributed by atoms with E-state index >= 15 is 0 Å². The second-order valence-electron chi connectivity index (χ2n) is 7.69. The van der Waals surface area contributed by atoms with Gasteiger partial charge in [-0.2, -0.15) is 0 Å². The Kier molecular flexibility index (Phi) is 5.95. The van der Waals surface area contributed by atoms with Crippen molar-refractivity contribution < 1.29 is 4.79 Å². The third kappa shape index (κ3) is 4.15. The van der Waals surface area contributed by atoms with E-state index in [1.165, 1.54) is 61.1 Å². The topological polar surface area (TPSA) is 41.1 Å². The fourth-order valence-corrected chi connectivity index (χ4v) is 6.42. The van der Waals surface area contributed by atoms with Gasteiger partial charge in [0, 0.05) is 9.75 Å². The molecule has 5 heteroatoms. The first-order chi connectivity index (χ1) is 12.8. The molecule has 2 amide bonds. The fraction of sp³-hybridized carbons (Fsp3) is 0.571. The molecular formula is C21H28N2OS2. The molecule has 2 atom stereocenters. The van der Waals surface area contributed by atoms with Crippen LogP contribution in [0.25, 0.3) is 0 Å². The van der Waals surface area contributed by atoms with Gasteiger partial charge >= 0.3 is 6.03 Å². The average molecular weight is 389 g/mol. The number of rotatable bonds is 6. The Morgan fingerprint density at radius 3 is 1.58 bits per heavy atom. The minimum atomic E-state index is 0.000556. The summed E-state index contributed by atoms with van der Waals surface area (Å²) >= 11 is 3.52. The predicted molar refractivity (Wildman–Crippen MR) is 110 cm³/mol. The van der Waals surface area contributed by atoms with Gasteiger partial charge in [0.15, 0.2) is 0 Å². The van der Waals surface area contributed by atoms with Gasteiger partial charge in [-0.15, -0.1) is 22.7 Å². The molecule has 140 valence electrons. The van der Waals surface area contributed by atoms with Crippen LogP contribution in [0.4, 0.5) is 4.79 Å². The SMILES string of the molecule is O=C(NC(c1cccs1)C1CCCC1)NC(c1cccs1)C1CCCC1. The Bertz CT molecular complexity index is 613. The number of hydrogen-bond donors (Lipinski definition) is 2. The summed E-state index contributed by atoms with van der Waals surface area (Å²) in [6.07, 6.45) is 10.0. The van der Waals surface area contributed by atoms with Gasteiger partial charge in [0.1, 0.15) is 0 Å². The number of thiophene rings is 2. The van der Waals surface area contributed by atoms with Crippen LogP contribution in [0.2, 0.25) is 0 Å². The van der Waals surface area contributed by atoms with Gasteiger partial charge in [0.05, 0.1) is 12.1 Å². The van der Waals surface area contributed by atoms with Crippen molar-refractivity contribution >= 4 is 28.7 Å². The lowest BCUT2D eigenvalue weighted by Crippen LogP contribution is -2.43. The van der Waals surface area contributed by atoms with Gasteiger partial charge in [-0.25, -0.2) is 4.79 Å². The van der Waals surface area contributed by atoms with Gasteiger partial charge in [0.25, 0.3) is 0 Å². The van der Waals surface area contributed by atoms with Gasteiger partial charge in [-0.1, -0.05) is 37.8 Å². The zero-order valence-electron chi connectivity index (χ0n) is 15.2. The fourth-order valence-electron chi connectivity index (χ4n) is 4.68. The first-order valence-corrected chi connectivity index (χ1v) is 11.7. The molecule has 0 aromatic carbocycles. The first-order valence-electron chi connectivity index (χ1n) is 9.95. The van der Waals surface area contributed by atoms with Gasteiger partial charge in [0.2, 0.25) is 0 Å². The average Bonchev–Trinajstić information content (AvgIpc) is 3.44. The van der Waals surface area contributed by atoms with Crippen LogP contribution in [0.5, 0.6) is 0 Å². The molecule has 3 nitrogen and oxygen atoms in total. The molecular weight excluding hydrogens is 360 g/mol. The molecule has 2 aromatic rings. The molecule has 2 aliphatic rings. The number of carbonyl (C=O) groups is 1.